The zero-order chi connectivity index (χ0) is 17.6. The molecule has 24 heavy (non-hydrogen) atoms. The van der Waals surface area contributed by atoms with Gasteiger partial charge in [-0.2, -0.15) is 13.2 Å². The minimum Gasteiger partial charge on any atom is -0.340 e. The number of aryl methyl sites for hydroxylation is 2. The minimum atomic E-state index is -4.87. The third kappa shape index (κ3) is 5.49. The molecule has 1 aliphatic carbocycles. The summed E-state index contributed by atoms with van der Waals surface area (Å²) in [5.41, 5.74) is 2.50. The summed E-state index contributed by atoms with van der Waals surface area (Å²) >= 11 is 0. The lowest BCUT2D eigenvalue weighted by Crippen LogP contribution is -2.39. The van der Waals surface area contributed by atoms with Crippen LogP contribution in [0.1, 0.15) is 74.2 Å². The molecule has 2 bridgehead atoms. The second kappa shape index (κ2) is 8.49. The predicted octanol–water partition coefficient (Wildman–Crippen LogP) is 4.79. The molecule has 1 aromatic heterocycles. The first-order valence-corrected chi connectivity index (χ1v) is 8.71. The summed E-state index contributed by atoms with van der Waals surface area (Å²) in [5.74, 6) is -1.89. The minimum absolute atomic E-state index is 0.481. The molecular weight excluding hydrogens is 317 g/mol. The van der Waals surface area contributed by atoms with Crippen molar-refractivity contribution in [2.75, 3.05) is 0 Å². The summed E-state index contributed by atoms with van der Waals surface area (Å²) in [5, 5.41) is 2.13. The summed E-state index contributed by atoms with van der Waals surface area (Å²) in [7, 11) is 0. The predicted molar refractivity (Wildman–Crippen MR) is 86.6 cm³/mol. The van der Waals surface area contributed by atoms with Crippen molar-refractivity contribution in [1.29, 1.82) is 0 Å². The van der Waals surface area contributed by atoms with Crippen LogP contribution in [0.25, 0.3) is 0 Å². The van der Waals surface area contributed by atoms with E-state index in [4.69, 9.17) is 0 Å². The van der Waals surface area contributed by atoms with Gasteiger partial charge in [0, 0.05) is 6.20 Å². The van der Waals surface area contributed by atoms with Gasteiger partial charge in [0.25, 0.3) is 0 Å². The highest BCUT2D eigenvalue weighted by Gasteiger charge is 2.40. The van der Waals surface area contributed by atoms with E-state index in [-0.39, 0.29) is 0 Å². The lowest BCUT2D eigenvalue weighted by atomic mass is 9.97. The van der Waals surface area contributed by atoms with E-state index in [1.54, 1.807) is 6.20 Å². The van der Waals surface area contributed by atoms with Crippen LogP contribution in [-0.4, -0.2) is 17.1 Å². The Bertz CT molecular complexity index is 558. The quantitative estimate of drug-likeness (QED) is 0.797. The van der Waals surface area contributed by atoms with Gasteiger partial charge >= 0.3 is 12.1 Å². The molecular formula is C18H25F3N2O. The van der Waals surface area contributed by atoms with Crippen LogP contribution >= 0.6 is 0 Å². The number of halogens is 3. The smallest absolute Gasteiger partial charge is 0.340 e. The molecule has 0 saturated carbocycles. The monoisotopic (exact) mass is 342 g/mol. The van der Waals surface area contributed by atoms with Crippen LogP contribution in [0.4, 0.5) is 13.2 Å². The van der Waals surface area contributed by atoms with Gasteiger partial charge in [-0.05, 0) is 37.3 Å². The molecule has 3 rings (SSSR count). The van der Waals surface area contributed by atoms with Crippen LogP contribution in [-0.2, 0) is 11.2 Å². The van der Waals surface area contributed by atoms with Crippen LogP contribution in [0.15, 0.2) is 12.3 Å². The van der Waals surface area contributed by atoms with Gasteiger partial charge in [-0.15, -0.1) is 0 Å². The van der Waals surface area contributed by atoms with Crippen molar-refractivity contribution in [2.24, 2.45) is 0 Å². The van der Waals surface area contributed by atoms with Crippen molar-refractivity contribution < 1.29 is 18.0 Å². The van der Waals surface area contributed by atoms with Crippen molar-refractivity contribution in [1.82, 2.24) is 10.3 Å². The molecule has 1 N–H and O–H groups in total. The van der Waals surface area contributed by atoms with E-state index in [2.05, 4.69) is 10.3 Å². The van der Waals surface area contributed by atoms with E-state index in [1.165, 1.54) is 12.8 Å². The molecule has 1 aromatic rings. The average molecular weight is 342 g/mol. The Labute approximate surface area is 141 Å². The SMILES string of the molecule is Cc1cc2cnc1[C@@H](NC(=O)C(F)(F)F)CCCCCCCCC2. The fourth-order valence-corrected chi connectivity index (χ4v) is 3.22. The van der Waals surface area contributed by atoms with Crippen LogP contribution < -0.4 is 5.32 Å². The van der Waals surface area contributed by atoms with Gasteiger partial charge in [-0.25, -0.2) is 0 Å². The second-order valence-electron chi connectivity index (χ2n) is 6.58. The lowest BCUT2D eigenvalue weighted by molar-refractivity contribution is -0.174. The van der Waals surface area contributed by atoms with Gasteiger partial charge in [0.15, 0.2) is 0 Å². The van der Waals surface area contributed by atoms with E-state index in [9.17, 15) is 18.0 Å². The van der Waals surface area contributed by atoms with Gasteiger partial charge < -0.3 is 5.32 Å². The number of aromatic nitrogens is 1. The zero-order valence-electron chi connectivity index (χ0n) is 14.1. The Morgan fingerprint density at radius 2 is 1.75 bits per heavy atom. The Balaban J connectivity index is 2.21. The maximum absolute atomic E-state index is 12.6. The van der Waals surface area contributed by atoms with Crippen LogP contribution in [0.5, 0.6) is 0 Å². The number of carbonyl (C=O) groups is 1. The maximum atomic E-state index is 12.6. The van der Waals surface area contributed by atoms with Crippen molar-refractivity contribution in [2.45, 2.75) is 76.9 Å². The fourth-order valence-electron chi connectivity index (χ4n) is 3.22. The van der Waals surface area contributed by atoms with Crippen LogP contribution in [0, 0.1) is 6.92 Å². The number of pyridine rings is 1. The normalized spacial score (nSPS) is 20.4. The number of nitrogens with one attached hydrogen (secondary N) is 1. The number of alkyl halides is 3. The Hall–Kier alpha value is -1.59. The Morgan fingerprint density at radius 1 is 1.12 bits per heavy atom. The fraction of sp³-hybridized carbons (Fsp3) is 0.667. The highest BCUT2D eigenvalue weighted by molar-refractivity contribution is 5.82. The Morgan fingerprint density at radius 3 is 2.38 bits per heavy atom. The van der Waals surface area contributed by atoms with Gasteiger partial charge in [0.05, 0.1) is 11.7 Å². The first-order valence-electron chi connectivity index (χ1n) is 8.71. The highest BCUT2D eigenvalue weighted by atomic mass is 19.4. The molecule has 0 saturated heterocycles. The van der Waals surface area contributed by atoms with Gasteiger partial charge in [-0.1, -0.05) is 44.6 Å². The molecule has 1 aliphatic heterocycles. The third-order valence-electron chi connectivity index (χ3n) is 4.53. The second-order valence-corrected chi connectivity index (χ2v) is 6.58. The first kappa shape index (κ1) is 18.7. The lowest BCUT2D eigenvalue weighted by Gasteiger charge is -2.21. The Kier molecular flexibility index (Phi) is 6.63. The summed E-state index contributed by atoms with van der Waals surface area (Å²) in [4.78, 5) is 15.7. The average Bonchev–Trinajstić information content (AvgIpc) is 2.51. The first-order chi connectivity index (χ1) is 11.4. The third-order valence-corrected chi connectivity index (χ3v) is 4.53. The molecule has 0 aromatic carbocycles. The molecule has 0 fully saturated rings. The number of fused-ring (bicyclic) bond motifs is 11. The van der Waals surface area contributed by atoms with Gasteiger partial charge in [-0.3, -0.25) is 9.78 Å². The summed E-state index contributed by atoms with van der Waals surface area (Å²) in [6.45, 7) is 1.85. The van der Waals surface area contributed by atoms with Gasteiger partial charge in [0.1, 0.15) is 0 Å². The standard InChI is InChI=1S/C18H25F3N2O/c1-13-11-14-9-7-5-3-2-4-6-8-10-15(16(13)22-12-14)23-17(24)18(19,20)21/h11-12,15H,2-10H2,1H3,(H,23,24)/t15-/m0/s1. The summed E-state index contributed by atoms with van der Waals surface area (Å²) < 4.78 is 37.8. The topological polar surface area (TPSA) is 42.0 Å². The number of hydrogen-bond acceptors (Lipinski definition) is 2. The van der Waals surface area contributed by atoms with E-state index in [0.717, 1.165) is 49.7 Å². The van der Waals surface area contributed by atoms with Crippen molar-refractivity contribution in [3.63, 3.8) is 0 Å². The number of hydrogen-bond donors (Lipinski definition) is 1. The van der Waals surface area contributed by atoms with E-state index in [1.807, 2.05) is 13.0 Å². The number of nitrogens with zero attached hydrogens (tertiary/aromatic N) is 1. The van der Waals surface area contributed by atoms with Gasteiger partial charge in [0.2, 0.25) is 0 Å². The number of carbonyl (C=O) groups excluding carboxylic acids is 1. The van der Waals surface area contributed by atoms with E-state index >= 15 is 0 Å². The molecule has 1 amide bonds. The molecule has 1 atom stereocenters. The maximum Gasteiger partial charge on any atom is 0.471 e. The van der Waals surface area contributed by atoms with E-state index < -0.39 is 18.1 Å². The van der Waals surface area contributed by atoms with Crippen molar-refractivity contribution in [3.05, 3.63) is 29.1 Å². The molecule has 2 aliphatic rings. The summed E-state index contributed by atoms with van der Waals surface area (Å²) in [6, 6.07) is 1.30. The number of amides is 1. The number of rotatable bonds is 1. The molecule has 0 spiro atoms. The molecule has 134 valence electrons. The van der Waals surface area contributed by atoms with Crippen molar-refractivity contribution >= 4 is 5.91 Å². The molecule has 0 unspecified atom stereocenters. The summed E-state index contributed by atoms with van der Waals surface area (Å²) in [6.07, 6.45) is 5.79. The van der Waals surface area contributed by atoms with E-state index in [0.29, 0.717) is 12.1 Å². The molecule has 0 radical (unpaired) electrons. The molecule has 6 heteroatoms. The van der Waals surface area contributed by atoms with Crippen molar-refractivity contribution in [3.8, 4) is 0 Å². The largest absolute Gasteiger partial charge is 0.471 e. The molecule has 2 heterocycles. The highest BCUT2D eigenvalue weighted by Crippen LogP contribution is 2.26. The molecule has 3 nitrogen and oxygen atoms in total. The zero-order valence-corrected chi connectivity index (χ0v) is 14.1. The van der Waals surface area contributed by atoms with Crippen LogP contribution in [0.2, 0.25) is 0 Å². The van der Waals surface area contributed by atoms with Crippen LogP contribution in [0.3, 0.4) is 0 Å².